The van der Waals surface area contributed by atoms with Crippen molar-refractivity contribution in [3.8, 4) is 0 Å². The van der Waals surface area contributed by atoms with Crippen molar-refractivity contribution in [1.29, 1.82) is 0 Å². The van der Waals surface area contributed by atoms with Crippen LogP contribution < -0.4 is 22.1 Å². The van der Waals surface area contributed by atoms with Crippen LogP contribution in [-0.4, -0.2) is 40.3 Å². The quantitative estimate of drug-likeness (QED) is 0.642. The van der Waals surface area contributed by atoms with E-state index in [1.165, 1.54) is 18.7 Å². The Morgan fingerprint density at radius 2 is 1.62 bits per heavy atom. The first kappa shape index (κ1) is 17.7. The first-order valence-corrected chi connectivity index (χ1v) is 7.49. The maximum Gasteiger partial charge on any atom is 0.332 e. The smallest absolute Gasteiger partial charge is 0.332 e. The molecule has 2 N–H and O–H groups in total. The fraction of sp³-hybridized carbons (Fsp3) is 0.571. The zero-order valence-corrected chi connectivity index (χ0v) is 13.9. The minimum absolute atomic E-state index is 0.0187. The Morgan fingerprint density at radius 3 is 2.21 bits per heavy atom. The molecule has 1 aromatic heterocycles. The molecule has 0 amide bonds. The number of nitrogens with zero attached hydrogens (tertiary/aromatic N) is 2. The molecule has 1 aromatic rings. The van der Waals surface area contributed by atoms with Crippen LogP contribution in [-0.2, 0) is 33.2 Å². The Labute approximate surface area is 137 Å². The van der Waals surface area contributed by atoms with Gasteiger partial charge in [0.15, 0.2) is 0 Å². The molecule has 10 heteroatoms. The van der Waals surface area contributed by atoms with Crippen LogP contribution in [0, 0.1) is 0 Å². The van der Waals surface area contributed by atoms with Gasteiger partial charge in [0.05, 0.1) is 18.8 Å². The first-order valence-electron chi connectivity index (χ1n) is 7.49. The van der Waals surface area contributed by atoms with Gasteiger partial charge in [-0.2, -0.15) is 0 Å². The summed E-state index contributed by atoms with van der Waals surface area (Å²) >= 11 is 0. The van der Waals surface area contributed by atoms with Crippen LogP contribution in [0.15, 0.2) is 9.59 Å². The molecule has 0 saturated heterocycles. The average molecular weight is 340 g/mol. The number of fused-ring (bicyclic) bond motifs is 1. The van der Waals surface area contributed by atoms with Gasteiger partial charge in [0.2, 0.25) is 0 Å². The molecule has 0 aliphatic carbocycles. The number of esters is 2. The molecule has 2 rings (SSSR count). The first-order chi connectivity index (χ1) is 11.3. The average Bonchev–Trinajstić information content (AvgIpc) is 2.57. The molecule has 0 fully saturated rings. The largest absolute Gasteiger partial charge is 0.465 e. The highest BCUT2D eigenvalue weighted by atomic mass is 16.5. The van der Waals surface area contributed by atoms with E-state index in [0.717, 1.165) is 4.57 Å². The molecule has 0 aromatic carbocycles. The van der Waals surface area contributed by atoms with Crippen molar-refractivity contribution in [1.82, 2.24) is 14.6 Å². The SMILES string of the molecule is CCOC(=O)C1NNc2c(c(=O)n(C)c(=O)n2C)C1C(=O)OCC. The van der Waals surface area contributed by atoms with E-state index in [1.807, 2.05) is 0 Å². The maximum absolute atomic E-state index is 12.6. The van der Waals surface area contributed by atoms with Gasteiger partial charge in [0.25, 0.3) is 5.56 Å². The molecule has 0 radical (unpaired) electrons. The van der Waals surface area contributed by atoms with Crippen molar-refractivity contribution in [2.24, 2.45) is 14.1 Å². The lowest BCUT2D eigenvalue weighted by Crippen LogP contribution is -2.56. The van der Waals surface area contributed by atoms with Gasteiger partial charge in [0, 0.05) is 14.1 Å². The molecule has 10 nitrogen and oxygen atoms in total. The van der Waals surface area contributed by atoms with Crippen molar-refractivity contribution < 1.29 is 19.1 Å². The van der Waals surface area contributed by atoms with E-state index in [-0.39, 0.29) is 24.6 Å². The van der Waals surface area contributed by atoms with Gasteiger partial charge in [-0.3, -0.25) is 23.5 Å². The molecular formula is C14H20N4O6. The highest BCUT2D eigenvalue weighted by Gasteiger charge is 2.44. The Morgan fingerprint density at radius 1 is 1.04 bits per heavy atom. The minimum Gasteiger partial charge on any atom is -0.465 e. The number of nitrogens with one attached hydrogen (secondary N) is 2. The Balaban J connectivity index is 2.68. The number of anilines is 1. The molecule has 2 unspecified atom stereocenters. The van der Waals surface area contributed by atoms with Crippen LogP contribution in [0.5, 0.6) is 0 Å². The molecule has 1 aliphatic heterocycles. The van der Waals surface area contributed by atoms with Crippen LogP contribution in [0.1, 0.15) is 25.3 Å². The highest BCUT2D eigenvalue weighted by Crippen LogP contribution is 2.28. The lowest BCUT2D eigenvalue weighted by molar-refractivity contribution is -0.154. The van der Waals surface area contributed by atoms with Crippen LogP contribution in [0.2, 0.25) is 0 Å². The molecule has 0 saturated carbocycles. The lowest BCUT2D eigenvalue weighted by Gasteiger charge is -2.32. The molecule has 1 aliphatic rings. The van der Waals surface area contributed by atoms with Gasteiger partial charge >= 0.3 is 17.6 Å². The Hall–Kier alpha value is -2.62. The number of aromatic nitrogens is 2. The Bertz CT molecular complexity index is 781. The third kappa shape index (κ3) is 2.80. The number of ether oxygens (including phenoxy) is 2. The minimum atomic E-state index is -1.23. The molecule has 132 valence electrons. The predicted octanol–water partition coefficient (Wildman–Crippen LogP) is -1.41. The molecule has 24 heavy (non-hydrogen) atoms. The van der Waals surface area contributed by atoms with Crippen LogP contribution in [0.4, 0.5) is 5.82 Å². The number of carbonyl (C=O) groups is 2. The standard InChI is InChI=1S/C14H20N4O6/c1-5-23-12(20)7-8-10(16-15-9(7)13(21)24-6-2)17(3)14(22)18(4)11(8)19/h7,9,15-16H,5-6H2,1-4H3. The summed E-state index contributed by atoms with van der Waals surface area (Å²) in [5.41, 5.74) is 4.02. The predicted molar refractivity (Wildman–Crippen MR) is 83.5 cm³/mol. The van der Waals surface area contributed by atoms with Gasteiger partial charge in [-0.05, 0) is 13.8 Å². The van der Waals surface area contributed by atoms with Gasteiger partial charge < -0.3 is 14.9 Å². The summed E-state index contributed by atoms with van der Waals surface area (Å²) in [5.74, 6) is -2.57. The molecule has 2 atom stereocenters. The normalized spacial score (nSPS) is 19.2. The number of hydrogen-bond donors (Lipinski definition) is 2. The van der Waals surface area contributed by atoms with E-state index in [0.29, 0.717) is 0 Å². The second-order valence-corrected chi connectivity index (χ2v) is 5.20. The van der Waals surface area contributed by atoms with Crippen molar-refractivity contribution >= 4 is 17.8 Å². The number of hydrazine groups is 1. The third-order valence-electron chi connectivity index (χ3n) is 3.77. The molecular weight excluding hydrogens is 320 g/mol. The summed E-state index contributed by atoms with van der Waals surface area (Å²) in [7, 11) is 2.75. The van der Waals surface area contributed by atoms with Crippen molar-refractivity contribution in [3.63, 3.8) is 0 Å². The number of hydrogen-bond acceptors (Lipinski definition) is 8. The van der Waals surface area contributed by atoms with Crippen molar-refractivity contribution in [2.75, 3.05) is 18.6 Å². The van der Waals surface area contributed by atoms with Crippen molar-refractivity contribution in [3.05, 3.63) is 26.4 Å². The van der Waals surface area contributed by atoms with E-state index >= 15 is 0 Å². The van der Waals surface area contributed by atoms with Crippen LogP contribution in [0.25, 0.3) is 0 Å². The zero-order chi connectivity index (χ0) is 18.0. The zero-order valence-electron chi connectivity index (χ0n) is 13.9. The highest BCUT2D eigenvalue weighted by molar-refractivity contribution is 5.90. The summed E-state index contributed by atoms with van der Waals surface area (Å²) in [6.45, 7) is 3.44. The summed E-state index contributed by atoms with van der Waals surface area (Å²) in [6, 6.07) is -1.15. The maximum atomic E-state index is 12.6. The summed E-state index contributed by atoms with van der Waals surface area (Å²) in [4.78, 5) is 49.2. The van der Waals surface area contributed by atoms with E-state index in [2.05, 4.69) is 10.9 Å². The van der Waals surface area contributed by atoms with Crippen LogP contribution >= 0.6 is 0 Å². The third-order valence-corrected chi connectivity index (χ3v) is 3.77. The Kier molecular flexibility index (Phi) is 5.07. The van der Waals surface area contributed by atoms with E-state index in [1.54, 1.807) is 13.8 Å². The summed E-state index contributed by atoms with van der Waals surface area (Å²) in [6.07, 6.45) is 0. The molecule has 0 spiro atoms. The second-order valence-electron chi connectivity index (χ2n) is 5.20. The second kappa shape index (κ2) is 6.87. The van der Waals surface area contributed by atoms with Gasteiger partial charge in [-0.1, -0.05) is 0 Å². The van der Waals surface area contributed by atoms with E-state index in [9.17, 15) is 19.2 Å². The molecule has 0 bridgehead atoms. The topological polar surface area (TPSA) is 121 Å². The van der Waals surface area contributed by atoms with Crippen LogP contribution in [0.3, 0.4) is 0 Å². The summed E-state index contributed by atoms with van der Waals surface area (Å²) in [5, 5.41) is 0. The lowest BCUT2D eigenvalue weighted by atomic mass is 9.91. The van der Waals surface area contributed by atoms with Gasteiger partial charge in [-0.25, -0.2) is 10.2 Å². The number of rotatable bonds is 4. The fourth-order valence-electron chi connectivity index (χ4n) is 2.61. The van der Waals surface area contributed by atoms with Gasteiger partial charge in [0.1, 0.15) is 17.8 Å². The summed E-state index contributed by atoms with van der Waals surface area (Å²) < 4.78 is 12.0. The fourth-order valence-corrected chi connectivity index (χ4v) is 2.61. The van der Waals surface area contributed by atoms with E-state index in [4.69, 9.17) is 9.47 Å². The number of carbonyl (C=O) groups excluding carboxylic acids is 2. The van der Waals surface area contributed by atoms with Crippen molar-refractivity contribution in [2.45, 2.75) is 25.8 Å². The molecule has 2 heterocycles. The van der Waals surface area contributed by atoms with Gasteiger partial charge in [-0.15, -0.1) is 0 Å². The monoisotopic (exact) mass is 340 g/mol. The van der Waals surface area contributed by atoms with E-state index < -0.39 is 35.1 Å².